The van der Waals surface area contributed by atoms with Crippen LogP contribution in [-0.4, -0.2) is 26.2 Å². The molecule has 0 aromatic rings. The zero-order valence-corrected chi connectivity index (χ0v) is 6.88. The third kappa shape index (κ3) is 1.09. The number of fused-ring (bicyclic) bond motifs is 1. The van der Waals surface area contributed by atoms with Crippen LogP contribution in [-0.2, 0) is 14.6 Å². The SMILES string of the molecule is O=CCC1C2CS(=O)(=O)CC12. The first-order chi connectivity index (χ1) is 5.14. The van der Waals surface area contributed by atoms with Crippen molar-refractivity contribution in [3.8, 4) is 0 Å². The van der Waals surface area contributed by atoms with Crippen LogP contribution in [0.25, 0.3) is 0 Å². The molecule has 0 aromatic heterocycles. The Hall–Kier alpha value is -0.380. The first kappa shape index (κ1) is 7.28. The van der Waals surface area contributed by atoms with Crippen molar-refractivity contribution in [2.75, 3.05) is 11.5 Å². The fourth-order valence-corrected chi connectivity index (χ4v) is 4.43. The molecule has 0 spiro atoms. The molecule has 62 valence electrons. The molecule has 0 aromatic carbocycles. The monoisotopic (exact) mass is 174 g/mol. The van der Waals surface area contributed by atoms with E-state index in [0.717, 1.165) is 6.29 Å². The van der Waals surface area contributed by atoms with Gasteiger partial charge < -0.3 is 4.79 Å². The molecular weight excluding hydrogens is 164 g/mol. The first-order valence-corrected chi connectivity index (χ1v) is 5.60. The number of sulfone groups is 1. The summed E-state index contributed by atoms with van der Waals surface area (Å²) in [6, 6.07) is 0. The van der Waals surface area contributed by atoms with Gasteiger partial charge in [-0.2, -0.15) is 0 Å². The first-order valence-electron chi connectivity index (χ1n) is 3.78. The summed E-state index contributed by atoms with van der Waals surface area (Å²) in [7, 11) is -2.71. The van der Waals surface area contributed by atoms with E-state index < -0.39 is 9.84 Å². The third-order valence-corrected chi connectivity index (χ3v) is 4.56. The minimum Gasteiger partial charge on any atom is -0.303 e. The zero-order valence-electron chi connectivity index (χ0n) is 6.06. The normalized spacial score (nSPS) is 44.9. The second kappa shape index (κ2) is 2.06. The van der Waals surface area contributed by atoms with E-state index in [1.165, 1.54) is 0 Å². The Balaban J connectivity index is 2.00. The fraction of sp³-hybridized carbons (Fsp3) is 0.857. The van der Waals surface area contributed by atoms with Crippen molar-refractivity contribution in [1.82, 2.24) is 0 Å². The fourth-order valence-electron chi connectivity index (χ4n) is 2.13. The highest BCUT2D eigenvalue weighted by Gasteiger charge is 2.57. The molecule has 0 bridgehead atoms. The lowest BCUT2D eigenvalue weighted by atomic mass is 10.2. The topological polar surface area (TPSA) is 51.2 Å². The number of aldehydes is 1. The smallest absolute Gasteiger partial charge is 0.150 e. The van der Waals surface area contributed by atoms with Gasteiger partial charge in [0.1, 0.15) is 6.29 Å². The lowest BCUT2D eigenvalue weighted by Crippen LogP contribution is -2.09. The summed E-state index contributed by atoms with van der Waals surface area (Å²) >= 11 is 0. The summed E-state index contributed by atoms with van der Waals surface area (Å²) in [6.07, 6.45) is 1.46. The summed E-state index contributed by atoms with van der Waals surface area (Å²) < 4.78 is 21.9. The third-order valence-electron chi connectivity index (χ3n) is 2.77. The predicted octanol–water partition coefficient (Wildman–Crippen LogP) is -0.134. The van der Waals surface area contributed by atoms with Gasteiger partial charge >= 0.3 is 0 Å². The maximum atomic E-state index is 10.9. The Bertz CT molecular complexity index is 262. The van der Waals surface area contributed by atoms with Crippen molar-refractivity contribution in [2.45, 2.75) is 6.42 Å². The molecule has 2 aliphatic rings. The van der Waals surface area contributed by atoms with Gasteiger partial charge in [-0.25, -0.2) is 8.42 Å². The van der Waals surface area contributed by atoms with E-state index in [9.17, 15) is 13.2 Å². The standard InChI is InChI=1S/C7H10O3S/c8-2-1-5-6-3-11(9,10)4-7(5)6/h2,5-7H,1,3-4H2. The minimum atomic E-state index is -2.71. The molecular formula is C7H10O3S. The van der Waals surface area contributed by atoms with Crippen molar-refractivity contribution in [3.05, 3.63) is 0 Å². The molecule has 1 saturated heterocycles. The van der Waals surface area contributed by atoms with Crippen LogP contribution in [0.5, 0.6) is 0 Å². The van der Waals surface area contributed by atoms with Gasteiger partial charge in [0, 0.05) is 6.42 Å². The van der Waals surface area contributed by atoms with Crippen molar-refractivity contribution in [2.24, 2.45) is 17.8 Å². The number of carbonyl (C=O) groups is 1. The molecule has 2 unspecified atom stereocenters. The highest BCUT2D eigenvalue weighted by molar-refractivity contribution is 7.91. The van der Waals surface area contributed by atoms with Crippen LogP contribution in [0.1, 0.15) is 6.42 Å². The van der Waals surface area contributed by atoms with Crippen molar-refractivity contribution >= 4 is 16.1 Å². The van der Waals surface area contributed by atoms with Gasteiger partial charge in [-0.05, 0) is 17.8 Å². The Morgan fingerprint density at radius 3 is 2.27 bits per heavy atom. The van der Waals surface area contributed by atoms with E-state index in [2.05, 4.69) is 0 Å². The number of hydrogen-bond acceptors (Lipinski definition) is 3. The maximum absolute atomic E-state index is 10.9. The number of hydrogen-bond donors (Lipinski definition) is 0. The van der Waals surface area contributed by atoms with Gasteiger partial charge in [-0.1, -0.05) is 0 Å². The Morgan fingerprint density at radius 1 is 1.27 bits per heavy atom. The van der Waals surface area contributed by atoms with E-state index in [4.69, 9.17) is 0 Å². The molecule has 3 nitrogen and oxygen atoms in total. The molecule has 1 aliphatic heterocycles. The largest absolute Gasteiger partial charge is 0.303 e. The van der Waals surface area contributed by atoms with Gasteiger partial charge in [0.2, 0.25) is 0 Å². The van der Waals surface area contributed by atoms with E-state index in [1.54, 1.807) is 0 Å². The molecule has 0 radical (unpaired) electrons. The Morgan fingerprint density at radius 2 is 1.82 bits per heavy atom. The molecule has 2 atom stereocenters. The van der Waals surface area contributed by atoms with Crippen LogP contribution in [0.4, 0.5) is 0 Å². The van der Waals surface area contributed by atoms with Crippen LogP contribution in [0, 0.1) is 17.8 Å². The summed E-state index contributed by atoms with van der Waals surface area (Å²) in [5.41, 5.74) is 0. The lowest BCUT2D eigenvalue weighted by molar-refractivity contribution is -0.108. The average molecular weight is 174 g/mol. The summed E-state index contributed by atoms with van der Waals surface area (Å²) in [4.78, 5) is 10.1. The predicted molar refractivity (Wildman–Crippen MR) is 39.8 cm³/mol. The highest BCUT2D eigenvalue weighted by atomic mass is 32.2. The van der Waals surface area contributed by atoms with Crippen LogP contribution < -0.4 is 0 Å². The van der Waals surface area contributed by atoms with Crippen LogP contribution in [0.15, 0.2) is 0 Å². The van der Waals surface area contributed by atoms with Gasteiger partial charge in [0.25, 0.3) is 0 Å². The quantitative estimate of drug-likeness (QED) is 0.548. The van der Waals surface area contributed by atoms with Gasteiger partial charge in [0.05, 0.1) is 11.5 Å². The van der Waals surface area contributed by atoms with Crippen molar-refractivity contribution in [3.63, 3.8) is 0 Å². The van der Waals surface area contributed by atoms with E-state index in [1.807, 2.05) is 0 Å². The molecule has 0 amide bonds. The highest BCUT2D eigenvalue weighted by Crippen LogP contribution is 2.54. The van der Waals surface area contributed by atoms with Gasteiger partial charge in [0.15, 0.2) is 9.84 Å². The maximum Gasteiger partial charge on any atom is 0.150 e. The summed E-state index contributed by atoms with van der Waals surface area (Å²) in [5, 5.41) is 0. The van der Waals surface area contributed by atoms with Crippen molar-refractivity contribution in [1.29, 1.82) is 0 Å². The van der Waals surface area contributed by atoms with Crippen LogP contribution in [0.2, 0.25) is 0 Å². The number of rotatable bonds is 2. The minimum absolute atomic E-state index is 0.324. The van der Waals surface area contributed by atoms with Crippen LogP contribution in [0.3, 0.4) is 0 Å². The van der Waals surface area contributed by atoms with Gasteiger partial charge in [-0.3, -0.25) is 0 Å². The molecule has 1 aliphatic carbocycles. The average Bonchev–Trinajstić information content (AvgIpc) is 2.42. The van der Waals surface area contributed by atoms with Crippen molar-refractivity contribution < 1.29 is 13.2 Å². The van der Waals surface area contributed by atoms with Gasteiger partial charge in [-0.15, -0.1) is 0 Å². The molecule has 2 rings (SSSR count). The number of carbonyl (C=O) groups excluding carboxylic acids is 1. The molecule has 11 heavy (non-hydrogen) atoms. The second-order valence-corrected chi connectivity index (χ2v) is 5.62. The Kier molecular flexibility index (Phi) is 1.36. The molecule has 2 fully saturated rings. The second-order valence-electron chi connectivity index (χ2n) is 3.47. The summed E-state index contributed by atoms with van der Waals surface area (Å²) in [5.74, 6) is 1.71. The Labute approximate surface area is 65.7 Å². The molecule has 0 N–H and O–H groups in total. The van der Waals surface area contributed by atoms with E-state index in [-0.39, 0.29) is 0 Å². The molecule has 4 heteroatoms. The van der Waals surface area contributed by atoms with E-state index >= 15 is 0 Å². The van der Waals surface area contributed by atoms with E-state index in [0.29, 0.717) is 35.7 Å². The molecule has 1 saturated carbocycles. The van der Waals surface area contributed by atoms with Crippen LogP contribution >= 0.6 is 0 Å². The summed E-state index contributed by atoms with van der Waals surface area (Å²) in [6.45, 7) is 0. The zero-order chi connectivity index (χ0) is 8.06. The molecule has 1 heterocycles. The lowest BCUT2D eigenvalue weighted by Gasteiger charge is -1.97.